The highest BCUT2D eigenvalue weighted by Crippen LogP contribution is 2.51. The second-order valence-electron chi connectivity index (χ2n) is 12.9. The van der Waals surface area contributed by atoms with E-state index in [-0.39, 0.29) is 16.9 Å². The van der Waals surface area contributed by atoms with Gasteiger partial charge in [-0.15, -0.1) is 11.8 Å². The highest BCUT2D eigenvalue weighted by molar-refractivity contribution is 8.14. The van der Waals surface area contributed by atoms with Crippen LogP contribution in [0.2, 0.25) is 0 Å². The van der Waals surface area contributed by atoms with Crippen LogP contribution in [0.3, 0.4) is 0 Å². The molecule has 1 aliphatic rings. The zero-order valence-electron chi connectivity index (χ0n) is 29.8. The van der Waals surface area contributed by atoms with Crippen LogP contribution in [0.25, 0.3) is 0 Å². The summed E-state index contributed by atoms with van der Waals surface area (Å²) in [7, 11) is 0. The van der Waals surface area contributed by atoms with E-state index in [1.807, 2.05) is 56.5 Å². The summed E-state index contributed by atoms with van der Waals surface area (Å²) in [5.41, 5.74) is 0.499. The van der Waals surface area contributed by atoms with Crippen molar-refractivity contribution in [3.8, 4) is 5.75 Å². The number of nitrogens with one attached hydrogen (secondary N) is 2. The summed E-state index contributed by atoms with van der Waals surface area (Å²) in [6, 6.07) is 19.1. The van der Waals surface area contributed by atoms with Gasteiger partial charge < -0.3 is 20.5 Å². The Bertz CT molecular complexity index is 1690. The molecule has 4 rings (SSSR count). The zero-order valence-corrected chi connectivity index (χ0v) is 31.4. The molecule has 0 radical (unpaired) electrons. The number of carboxylic acids is 1. The number of amides is 3. The summed E-state index contributed by atoms with van der Waals surface area (Å²) in [6.45, 7) is 7.00. The fourth-order valence-electron chi connectivity index (χ4n) is 6.04. The molecule has 0 unspecified atom stereocenters. The predicted octanol–water partition coefficient (Wildman–Crippen LogP) is 7.53. The number of para-hydroxylation sites is 1. The monoisotopic (exact) mass is 733 g/mol. The van der Waals surface area contributed by atoms with Gasteiger partial charge in [-0.3, -0.25) is 24.1 Å². The molecule has 12 heteroatoms. The number of ether oxygens (including phenoxy) is 1. The Labute approximate surface area is 308 Å². The minimum Gasteiger partial charge on any atom is -0.483 e. The van der Waals surface area contributed by atoms with Crippen LogP contribution >= 0.6 is 23.5 Å². The molecule has 2 atom stereocenters. The standard InChI is InChI=1S/C39H47N3O7S2/c1-6-8-20-39(21-9-7-2)37(47)42(27-18-14-11-15-19-27)28-22-31(50-5)29(23-30(28)51-38(39)48)49-24-32(43)40-34(26-16-12-10-13-17-26)35(44)41-33(25(3)4)36(45)46/h10-19,22-23,25,33-34H,6-9,20-21,24H2,1-5H3,(H,40,43)(H,41,44)(H,45,46)/t33-,34+/m0/s1. The predicted molar refractivity (Wildman–Crippen MR) is 201 cm³/mol. The summed E-state index contributed by atoms with van der Waals surface area (Å²) in [4.78, 5) is 70.3. The first-order valence-electron chi connectivity index (χ1n) is 17.3. The third-order valence-corrected chi connectivity index (χ3v) is 10.8. The van der Waals surface area contributed by atoms with Gasteiger partial charge in [-0.05, 0) is 66.6 Å². The lowest BCUT2D eigenvalue weighted by atomic mass is 9.77. The molecule has 3 aromatic rings. The van der Waals surface area contributed by atoms with Gasteiger partial charge in [0.25, 0.3) is 5.91 Å². The fourth-order valence-corrected chi connectivity index (χ4v) is 7.70. The van der Waals surface area contributed by atoms with Crippen LogP contribution in [0.15, 0.2) is 82.6 Å². The Balaban J connectivity index is 1.67. The number of anilines is 2. The van der Waals surface area contributed by atoms with E-state index in [0.717, 1.165) is 37.4 Å². The number of fused-ring (bicyclic) bond motifs is 1. The van der Waals surface area contributed by atoms with Crippen molar-refractivity contribution in [3.63, 3.8) is 0 Å². The van der Waals surface area contributed by atoms with Crippen molar-refractivity contribution in [1.29, 1.82) is 0 Å². The molecule has 1 heterocycles. The van der Waals surface area contributed by atoms with Gasteiger partial charge in [0.05, 0.1) is 10.6 Å². The molecule has 3 aromatic carbocycles. The maximum absolute atomic E-state index is 14.7. The van der Waals surface area contributed by atoms with Gasteiger partial charge in [0.15, 0.2) is 6.61 Å². The molecule has 0 aromatic heterocycles. The quantitative estimate of drug-likeness (QED) is 0.0948. The van der Waals surface area contributed by atoms with E-state index in [9.17, 15) is 29.1 Å². The number of carboxylic acid groups (broad SMARTS) is 1. The van der Waals surface area contributed by atoms with Crippen molar-refractivity contribution < 1.29 is 33.8 Å². The fraction of sp³-hybridized carbons (Fsp3) is 0.410. The molecule has 0 bridgehead atoms. The van der Waals surface area contributed by atoms with Crippen molar-refractivity contribution in [2.45, 2.75) is 88.1 Å². The maximum atomic E-state index is 14.7. The molecular weight excluding hydrogens is 687 g/mol. The lowest BCUT2D eigenvalue weighted by Gasteiger charge is -2.34. The van der Waals surface area contributed by atoms with E-state index < -0.39 is 41.9 Å². The number of carbonyl (C=O) groups excluding carboxylic acids is 4. The summed E-state index contributed by atoms with van der Waals surface area (Å²) in [6.07, 6.45) is 5.91. The minimum atomic E-state index is -1.20. The number of aliphatic carboxylic acids is 1. The Morgan fingerprint density at radius 1 is 0.922 bits per heavy atom. The summed E-state index contributed by atoms with van der Waals surface area (Å²) in [5, 5.41) is 14.7. The Hall–Kier alpha value is -4.29. The van der Waals surface area contributed by atoms with E-state index >= 15 is 0 Å². The van der Waals surface area contributed by atoms with E-state index in [2.05, 4.69) is 10.6 Å². The Morgan fingerprint density at radius 2 is 1.53 bits per heavy atom. The van der Waals surface area contributed by atoms with Gasteiger partial charge >= 0.3 is 5.97 Å². The van der Waals surface area contributed by atoms with Gasteiger partial charge in [-0.2, -0.15) is 0 Å². The number of hydrogen-bond donors (Lipinski definition) is 3. The molecule has 272 valence electrons. The molecule has 0 fully saturated rings. The van der Waals surface area contributed by atoms with Gasteiger partial charge in [0.2, 0.25) is 16.9 Å². The van der Waals surface area contributed by atoms with Crippen LogP contribution in [0.5, 0.6) is 5.75 Å². The lowest BCUT2D eigenvalue weighted by Crippen LogP contribution is -2.49. The van der Waals surface area contributed by atoms with E-state index in [4.69, 9.17) is 4.74 Å². The SMILES string of the molecule is CCCCC1(CCCC)C(=O)Sc2cc(OCC(=O)N[C@@H](C(=O)N[C@H](C(=O)O)C(C)C)c3ccccc3)c(SC)cc2N(c2ccccc2)C1=O. The third kappa shape index (κ3) is 9.34. The van der Waals surface area contributed by atoms with Crippen molar-refractivity contribution in [1.82, 2.24) is 10.6 Å². The maximum Gasteiger partial charge on any atom is 0.326 e. The molecule has 0 spiro atoms. The van der Waals surface area contributed by atoms with Crippen LogP contribution in [0, 0.1) is 11.3 Å². The number of thioether (sulfide) groups is 2. The molecule has 0 saturated heterocycles. The lowest BCUT2D eigenvalue weighted by molar-refractivity contribution is -0.143. The Morgan fingerprint density at radius 3 is 2.08 bits per heavy atom. The first-order valence-corrected chi connectivity index (χ1v) is 19.4. The topological polar surface area (TPSA) is 142 Å². The first-order chi connectivity index (χ1) is 24.5. The number of rotatable bonds is 17. The van der Waals surface area contributed by atoms with Crippen molar-refractivity contribution in [2.75, 3.05) is 17.8 Å². The molecule has 3 amide bonds. The first kappa shape index (κ1) is 39.5. The highest BCUT2D eigenvalue weighted by Gasteiger charge is 2.50. The molecule has 0 aliphatic carbocycles. The average Bonchev–Trinajstić information content (AvgIpc) is 3.21. The molecular formula is C39H47N3O7S2. The zero-order chi connectivity index (χ0) is 37.1. The number of nitrogens with zero attached hydrogens (tertiary/aromatic N) is 1. The van der Waals surface area contributed by atoms with E-state index in [0.29, 0.717) is 45.3 Å². The molecule has 51 heavy (non-hydrogen) atoms. The number of hydrogen-bond acceptors (Lipinski definition) is 8. The largest absolute Gasteiger partial charge is 0.483 e. The number of benzene rings is 3. The van der Waals surface area contributed by atoms with Crippen LogP contribution in [0.1, 0.15) is 77.8 Å². The van der Waals surface area contributed by atoms with Crippen LogP contribution in [0.4, 0.5) is 11.4 Å². The van der Waals surface area contributed by atoms with Crippen molar-refractivity contribution in [3.05, 3.63) is 78.4 Å². The van der Waals surface area contributed by atoms with Crippen LogP contribution < -0.4 is 20.3 Å². The average molecular weight is 734 g/mol. The minimum absolute atomic E-state index is 0.201. The molecule has 3 N–H and O–H groups in total. The van der Waals surface area contributed by atoms with Gasteiger partial charge in [0, 0.05) is 10.6 Å². The normalized spacial score (nSPS) is 15.1. The van der Waals surface area contributed by atoms with Gasteiger partial charge in [0.1, 0.15) is 23.2 Å². The smallest absolute Gasteiger partial charge is 0.326 e. The van der Waals surface area contributed by atoms with Crippen molar-refractivity contribution in [2.24, 2.45) is 11.3 Å². The van der Waals surface area contributed by atoms with Crippen molar-refractivity contribution >= 4 is 63.7 Å². The second-order valence-corrected chi connectivity index (χ2v) is 14.8. The van der Waals surface area contributed by atoms with Crippen LogP contribution in [-0.2, 0) is 24.0 Å². The third-order valence-electron chi connectivity index (χ3n) is 8.91. The summed E-state index contributed by atoms with van der Waals surface area (Å²) < 4.78 is 6.07. The summed E-state index contributed by atoms with van der Waals surface area (Å²) in [5.74, 6) is -2.73. The number of carbonyl (C=O) groups is 5. The molecule has 10 nitrogen and oxygen atoms in total. The van der Waals surface area contributed by atoms with Crippen LogP contribution in [-0.4, -0.2) is 52.8 Å². The van der Waals surface area contributed by atoms with E-state index in [1.54, 1.807) is 55.1 Å². The van der Waals surface area contributed by atoms with E-state index in [1.165, 1.54) is 11.8 Å². The highest BCUT2D eigenvalue weighted by atomic mass is 32.2. The van der Waals surface area contributed by atoms with Gasteiger partial charge in [-0.25, -0.2) is 4.79 Å². The van der Waals surface area contributed by atoms with Gasteiger partial charge in [-0.1, -0.05) is 102 Å². The molecule has 0 saturated carbocycles. The second kappa shape index (κ2) is 18.3. The Kier molecular flexibility index (Phi) is 14.2. The summed E-state index contributed by atoms with van der Waals surface area (Å²) >= 11 is 2.41. The number of unbranched alkanes of at least 4 members (excludes halogenated alkanes) is 2. The molecule has 1 aliphatic heterocycles.